The fourth-order valence-corrected chi connectivity index (χ4v) is 17.3. The normalized spacial score (nSPS) is 23.9. The third kappa shape index (κ3) is 7.90. The van der Waals surface area contributed by atoms with Gasteiger partial charge in [0.05, 0.1) is 29.2 Å². The van der Waals surface area contributed by atoms with E-state index >= 15 is 8.78 Å². The largest absolute Gasteiger partial charge is 0.475 e. The molecular weight excluding hydrogens is 866 g/mol. The van der Waals surface area contributed by atoms with Gasteiger partial charge in [0, 0.05) is 37.6 Å². The predicted molar refractivity (Wildman–Crippen MR) is 251 cm³/mol. The van der Waals surface area contributed by atoms with Crippen LogP contribution in [0.5, 0.6) is 17.6 Å². The van der Waals surface area contributed by atoms with Gasteiger partial charge >= 0.3 is 12.1 Å². The zero-order valence-corrected chi connectivity index (χ0v) is 40.9. The van der Waals surface area contributed by atoms with Crippen LogP contribution in [0.2, 0.25) is 16.6 Å². The number of halogens is 3. The zero-order chi connectivity index (χ0) is 47.0. The maximum Gasteiger partial charge on any atom is 0.410 e. The van der Waals surface area contributed by atoms with Crippen molar-refractivity contribution in [1.82, 2.24) is 24.8 Å². The van der Waals surface area contributed by atoms with Crippen molar-refractivity contribution >= 4 is 41.7 Å². The van der Waals surface area contributed by atoms with Gasteiger partial charge in [-0.25, -0.2) is 22.9 Å². The number of piperazine rings is 1. The number of nitrogens with zero attached hydrogens (tertiary/aromatic N) is 6. The number of carbonyl (C=O) groups excluding carboxylic acids is 1. The first-order valence-electron chi connectivity index (χ1n) is 23.6. The highest BCUT2D eigenvalue weighted by Gasteiger charge is 2.53. The molecule has 354 valence electrons. The van der Waals surface area contributed by atoms with Crippen molar-refractivity contribution in [2.45, 2.75) is 146 Å². The Morgan fingerprint density at radius 2 is 1.74 bits per heavy atom. The van der Waals surface area contributed by atoms with Crippen LogP contribution < -0.4 is 19.1 Å². The van der Waals surface area contributed by atoms with Crippen LogP contribution in [0.15, 0.2) is 24.3 Å². The number of hydrogen-bond acceptors (Lipinski definition) is 11. The summed E-state index contributed by atoms with van der Waals surface area (Å²) in [5, 5.41) is 1.19. The monoisotopic (exact) mass is 928 g/mol. The summed E-state index contributed by atoms with van der Waals surface area (Å²) in [4.78, 5) is 34.6. The number of alkyl halides is 1. The van der Waals surface area contributed by atoms with Crippen LogP contribution in [0.25, 0.3) is 32.9 Å². The maximum absolute atomic E-state index is 18.1. The van der Waals surface area contributed by atoms with Crippen LogP contribution in [-0.4, -0.2) is 121 Å². The lowest BCUT2D eigenvalue weighted by atomic mass is 9.95. The fourth-order valence-electron chi connectivity index (χ4n) is 12.1. The number of pyridine rings is 1. The summed E-state index contributed by atoms with van der Waals surface area (Å²) in [6, 6.07) is 5.41. The van der Waals surface area contributed by atoms with Crippen molar-refractivity contribution in [3.63, 3.8) is 0 Å². The lowest BCUT2D eigenvalue weighted by molar-refractivity contribution is 0.00537. The Bertz CT molecular complexity index is 2590. The first-order chi connectivity index (χ1) is 31.4. The van der Waals surface area contributed by atoms with E-state index in [4.69, 9.17) is 38.6 Å². The van der Waals surface area contributed by atoms with Crippen LogP contribution >= 0.6 is 0 Å². The van der Waals surface area contributed by atoms with Crippen LogP contribution in [0.4, 0.5) is 23.8 Å². The third-order valence-corrected chi connectivity index (χ3v) is 21.2. The van der Waals surface area contributed by atoms with Crippen molar-refractivity contribution in [2.75, 3.05) is 51.7 Å². The molecule has 2 aromatic heterocycles. The minimum atomic E-state index is -2.36. The van der Waals surface area contributed by atoms with Gasteiger partial charge in [-0.3, -0.25) is 9.80 Å². The van der Waals surface area contributed by atoms with Crippen molar-refractivity contribution < 1.29 is 41.7 Å². The second-order valence-corrected chi connectivity index (χ2v) is 26.5. The second kappa shape index (κ2) is 17.3. The number of ether oxygens (including phenoxy) is 5. The average molecular weight is 929 g/mol. The lowest BCUT2D eigenvalue weighted by Crippen LogP contribution is -2.63. The van der Waals surface area contributed by atoms with Gasteiger partial charge in [0.1, 0.15) is 67.0 Å². The number of aromatic nitrogens is 3. The van der Waals surface area contributed by atoms with E-state index in [0.29, 0.717) is 48.3 Å². The number of fused-ring (bicyclic) bond motifs is 7. The molecule has 0 aliphatic carbocycles. The summed E-state index contributed by atoms with van der Waals surface area (Å²) >= 11 is 0. The van der Waals surface area contributed by atoms with Gasteiger partial charge in [0.2, 0.25) is 5.88 Å². The molecule has 1 amide bonds. The number of anilines is 1. The van der Waals surface area contributed by atoms with Gasteiger partial charge in [-0.2, -0.15) is 9.97 Å². The smallest absolute Gasteiger partial charge is 0.410 e. The first kappa shape index (κ1) is 46.3. The predicted octanol–water partition coefficient (Wildman–Crippen LogP) is 9.98. The highest BCUT2D eigenvalue weighted by Crippen LogP contribution is 2.48. The number of carbonyl (C=O) groups is 1. The summed E-state index contributed by atoms with van der Waals surface area (Å²) < 4.78 is 79.9. The van der Waals surface area contributed by atoms with Crippen LogP contribution in [0, 0.1) is 23.1 Å². The Morgan fingerprint density at radius 3 is 2.45 bits per heavy atom. The summed E-state index contributed by atoms with van der Waals surface area (Å²) in [7, 11) is -0.860. The fraction of sp³-hybridized carbons (Fsp3) is 0.600. The Kier molecular flexibility index (Phi) is 12.2. The Hall–Kier alpha value is -4.85. The Labute approximate surface area is 386 Å². The molecule has 0 unspecified atom stereocenters. The minimum absolute atomic E-state index is 0.0670. The SMILES string of the molecule is COCOc1cc(-c2nc3c4c(nc(OC[C@@]56CCCN5C[C@@H](F)C6)nc4c2F)N2C[C@@H]4CC[C@H]([C@H]2CO3)N4C(=O)OC(C)(C)C)c2c(C#C[Si](C(C)C)(C(C)C)C(C)C)c(F)ccc2c1. The second-order valence-electron chi connectivity index (χ2n) is 20.9. The standard InChI is InChI=1S/C50H63F3N6O6Si/c1-28(2)66(29(3)4,30(5)6)19-16-35-37(52)14-12-31-20-34(64-27-61-10)21-36(40(31)35)43-42(53)44-41-45(56-47(55-44)63-26-50-17-11-18-57(50)23-32(51)22-50)58-24-33-13-15-38(39(58)25-62-46(41)54-43)59(33)48(60)65-49(7,8)9/h12,14,20-21,28-30,32-33,38-39H,11,13,15,17-18,22-27H2,1-10H3/t32-,33-,38+,39+,50-/m0/s1. The molecule has 0 N–H and O–H groups in total. The number of methoxy groups -OCH3 is 1. The number of hydrogen-bond donors (Lipinski definition) is 0. The summed E-state index contributed by atoms with van der Waals surface area (Å²) in [5.41, 5.74) is 3.43. The third-order valence-electron chi connectivity index (χ3n) is 14.9. The van der Waals surface area contributed by atoms with E-state index in [1.807, 2.05) is 25.7 Å². The van der Waals surface area contributed by atoms with Crippen LogP contribution in [-0.2, 0) is 9.47 Å². The first-order valence-corrected chi connectivity index (χ1v) is 25.8. The molecular formula is C50H63F3N6O6Si. The molecule has 2 aromatic carbocycles. The molecule has 9 rings (SSSR count). The highest BCUT2D eigenvalue weighted by molar-refractivity contribution is 6.90. The van der Waals surface area contributed by atoms with Crippen molar-refractivity contribution in [3.05, 3.63) is 41.5 Å². The van der Waals surface area contributed by atoms with Crippen molar-refractivity contribution in [2.24, 2.45) is 0 Å². The Balaban J connectivity index is 1.25. The van der Waals surface area contributed by atoms with Crippen LogP contribution in [0.3, 0.4) is 0 Å². The molecule has 4 aromatic rings. The van der Waals surface area contributed by atoms with E-state index in [9.17, 15) is 9.18 Å². The van der Waals surface area contributed by atoms with E-state index in [1.165, 1.54) is 13.2 Å². The van der Waals surface area contributed by atoms with Gasteiger partial charge in [0.25, 0.3) is 0 Å². The van der Waals surface area contributed by atoms with Gasteiger partial charge in [-0.15, -0.1) is 5.54 Å². The molecule has 12 nitrogen and oxygen atoms in total. The molecule has 66 heavy (non-hydrogen) atoms. The van der Waals surface area contributed by atoms with Gasteiger partial charge in [0.15, 0.2) is 12.6 Å². The lowest BCUT2D eigenvalue weighted by Gasteiger charge is -2.46. The molecule has 0 spiro atoms. The quantitative estimate of drug-likeness (QED) is 0.0861. The van der Waals surface area contributed by atoms with E-state index in [1.54, 1.807) is 18.2 Å². The molecule has 5 aliphatic rings. The van der Waals surface area contributed by atoms with Crippen LogP contribution in [0.1, 0.15) is 100.0 Å². The molecule has 0 radical (unpaired) electrons. The number of amides is 1. The topological polar surface area (TPSA) is 112 Å². The average Bonchev–Trinajstić information content (AvgIpc) is 3.86. The molecule has 2 bridgehead atoms. The molecule has 0 saturated carbocycles. The van der Waals surface area contributed by atoms with Gasteiger partial charge in [-0.1, -0.05) is 53.5 Å². The summed E-state index contributed by atoms with van der Waals surface area (Å²) in [6.45, 7) is 20.3. The minimum Gasteiger partial charge on any atom is -0.475 e. The molecule has 5 atom stereocenters. The molecule has 16 heteroatoms. The Morgan fingerprint density at radius 1 is 0.985 bits per heavy atom. The highest BCUT2D eigenvalue weighted by atomic mass is 28.3. The van der Waals surface area contributed by atoms with E-state index in [2.05, 4.69) is 62.8 Å². The molecule has 4 fully saturated rings. The van der Waals surface area contributed by atoms with Gasteiger partial charge < -0.3 is 28.6 Å². The van der Waals surface area contributed by atoms with Crippen molar-refractivity contribution in [3.8, 4) is 40.4 Å². The van der Waals surface area contributed by atoms with E-state index in [-0.39, 0.29) is 88.3 Å². The van der Waals surface area contributed by atoms with Crippen molar-refractivity contribution in [1.29, 1.82) is 0 Å². The van der Waals surface area contributed by atoms with Gasteiger partial charge in [-0.05, 0) is 93.2 Å². The molecule has 4 saturated heterocycles. The number of benzene rings is 2. The van der Waals surface area contributed by atoms with E-state index in [0.717, 1.165) is 25.8 Å². The number of rotatable bonds is 10. The molecule has 7 heterocycles. The zero-order valence-electron chi connectivity index (χ0n) is 39.9. The maximum atomic E-state index is 18.1. The summed E-state index contributed by atoms with van der Waals surface area (Å²) in [6.07, 6.45) is 2.07. The van der Waals surface area contributed by atoms with E-state index < -0.39 is 49.2 Å². The molecule has 5 aliphatic heterocycles. The summed E-state index contributed by atoms with van der Waals surface area (Å²) in [5.74, 6) is 2.81.